The molecule has 0 N–H and O–H groups in total. The SMILES string of the molecule is COC(=O)COc1cc(C2CC2)c(OCc2nc(-c3ccc(-c4ccccc4)cc3)cs2)cc1C. The number of benzene rings is 3. The Morgan fingerprint density at radius 1 is 0.943 bits per heavy atom. The maximum atomic E-state index is 11.5. The quantitative estimate of drug-likeness (QED) is 0.244. The molecule has 0 aliphatic heterocycles. The fraction of sp³-hybridized carbons (Fsp3) is 0.241. The number of nitrogens with zero attached hydrogens (tertiary/aromatic N) is 1. The first-order chi connectivity index (χ1) is 17.1. The van der Waals surface area contributed by atoms with Crippen molar-refractivity contribution in [3.05, 3.63) is 88.2 Å². The molecule has 0 unspecified atom stereocenters. The number of carbonyl (C=O) groups excluding carboxylic acids is 1. The van der Waals surface area contributed by atoms with E-state index in [0.29, 0.717) is 18.3 Å². The Hall–Kier alpha value is -3.64. The highest BCUT2D eigenvalue weighted by Crippen LogP contribution is 2.46. The van der Waals surface area contributed by atoms with E-state index in [1.807, 2.05) is 25.1 Å². The van der Waals surface area contributed by atoms with Crippen LogP contribution in [0.25, 0.3) is 22.4 Å². The van der Waals surface area contributed by atoms with E-state index >= 15 is 0 Å². The van der Waals surface area contributed by atoms with Crippen LogP contribution in [-0.2, 0) is 16.1 Å². The zero-order valence-electron chi connectivity index (χ0n) is 19.8. The third-order valence-corrected chi connectivity index (χ3v) is 6.91. The lowest BCUT2D eigenvalue weighted by Gasteiger charge is -2.15. The minimum absolute atomic E-state index is 0.101. The molecule has 0 atom stereocenters. The summed E-state index contributed by atoms with van der Waals surface area (Å²) < 4.78 is 16.6. The fourth-order valence-corrected chi connectivity index (χ4v) is 4.69. The van der Waals surface area contributed by atoms with Gasteiger partial charge in [0.15, 0.2) is 6.61 Å². The summed E-state index contributed by atoms with van der Waals surface area (Å²) in [7, 11) is 1.36. The highest BCUT2D eigenvalue weighted by Gasteiger charge is 2.28. The van der Waals surface area contributed by atoms with E-state index in [1.165, 1.54) is 18.2 Å². The molecule has 0 spiro atoms. The third-order valence-electron chi connectivity index (χ3n) is 6.09. The van der Waals surface area contributed by atoms with Crippen molar-refractivity contribution in [2.45, 2.75) is 32.3 Å². The number of hydrogen-bond acceptors (Lipinski definition) is 6. The monoisotopic (exact) mass is 485 g/mol. The molecule has 1 aliphatic carbocycles. The molecular weight excluding hydrogens is 458 g/mol. The van der Waals surface area contributed by atoms with Crippen LogP contribution >= 0.6 is 11.3 Å². The number of methoxy groups -OCH3 is 1. The van der Waals surface area contributed by atoms with E-state index in [1.54, 1.807) is 11.3 Å². The average molecular weight is 486 g/mol. The predicted octanol–water partition coefficient (Wildman–Crippen LogP) is 6.79. The summed E-state index contributed by atoms with van der Waals surface area (Å²) in [4.78, 5) is 16.3. The van der Waals surface area contributed by atoms with E-state index < -0.39 is 5.97 Å². The van der Waals surface area contributed by atoms with Crippen LogP contribution in [0.2, 0.25) is 0 Å². The first-order valence-electron chi connectivity index (χ1n) is 11.7. The maximum absolute atomic E-state index is 11.5. The van der Waals surface area contributed by atoms with Gasteiger partial charge in [-0.05, 0) is 54.5 Å². The van der Waals surface area contributed by atoms with Gasteiger partial charge in [0, 0.05) is 16.5 Å². The van der Waals surface area contributed by atoms with Crippen molar-refractivity contribution in [3.63, 3.8) is 0 Å². The van der Waals surface area contributed by atoms with E-state index in [4.69, 9.17) is 14.5 Å². The molecule has 0 amide bonds. The Labute approximate surface area is 209 Å². The number of rotatable bonds is 9. The second-order valence-corrected chi connectivity index (χ2v) is 9.60. The molecule has 1 heterocycles. The van der Waals surface area contributed by atoms with Gasteiger partial charge < -0.3 is 14.2 Å². The highest BCUT2D eigenvalue weighted by molar-refractivity contribution is 7.09. The lowest BCUT2D eigenvalue weighted by atomic mass is 10.0. The Morgan fingerprint density at radius 2 is 1.66 bits per heavy atom. The summed E-state index contributed by atoms with van der Waals surface area (Å²) in [5, 5.41) is 3.00. The van der Waals surface area contributed by atoms with Crippen molar-refractivity contribution < 1.29 is 19.0 Å². The van der Waals surface area contributed by atoms with Crippen LogP contribution in [0, 0.1) is 6.92 Å². The molecule has 0 saturated heterocycles. The van der Waals surface area contributed by atoms with Crippen LogP contribution in [0.3, 0.4) is 0 Å². The number of esters is 1. The summed E-state index contributed by atoms with van der Waals surface area (Å²) >= 11 is 1.60. The van der Waals surface area contributed by atoms with Crippen molar-refractivity contribution >= 4 is 17.3 Å². The van der Waals surface area contributed by atoms with Gasteiger partial charge in [0.1, 0.15) is 23.1 Å². The molecule has 1 saturated carbocycles. The Kier molecular flexibility index (Phi) is 6.82. The standard InChI is InChI=1S/C29H27NO4S/c1-19-14-27(24(22-10-11-22)15-26(19)34-17-29(31)32-2)33-16-28-30-25(18-35-28)23-12-8-21(9-13-23)20-6-4-3-5-7-20/h3-9,12-15,18,22H,10-11,16-17H2,1-2H3. The second-order valence-electron chi connectivity index (χ2n) is 8.65. The number of thiazole rings is 1. The van der Waals surface area contributed by atoms with Gasteiger partial charge in [-0.25, -0.2) is 9.78 Å². The van der Waals surface area contributed by atoms with Crippen molar-refractivity contribution in [2.75, 3.05) is 13.7 Å². The number of aryl methyl sites for hydroxylation is 1. The zero-order chi connectivity index (χ0) is 24.2. The van der Waals surface area contributed by atoms with Gasteiger partial charge in [-0.2, -0.15) is 0 Å². The lowest BCUT2D eigenvalue weighted by molar-refractivity contribution is -0.142. The molecule has 178 valence electrons. The van der Waals surface area contributed by atoms with Crippen LogP contribution in [0.5, 0.6) is 11.5 Å². The molecule has 1 aromatic heterocycles. The van der Waals surface area contributed by atoms with E-state index in [0.717, 1.165) is 46.0 Å². The normalized spacial score (nSPS) is 12.9. The van der Waals surface area contributed by atoms with Gasteiger partial charge >= 0.3 is 5.97 Å². The summed E-state index contributed by atoms with van der Waals surface area (Å²) in [6.45, 7) is 2.26. The first-order valence-corrected chi connectivity index (χ1v) is 12.6. The average Bonchev–Trinajstić information content (AvgIpc) is 3.64. The van der Waals surface area contributed by atoms with Gasteiger partial charge in [0.2, 0.25) is 0 Å². The van der Waals surface area contributed by atoms with E-state index in [9.17, 15) is 4.79 Å². The Morgan fingerprint density at radius 3 is 2.37 bits per heavy atom. The van der Waals surface area contributed by atoms with Gasteiger partial charge in [-0.15, -0.1) is 11.3 Å². The van der Waals surface area contributed by atoms with Gasteiger partial charge in [0.05, 0.1) is 12.8 Å². The fourth-order valence-electron chi connectivity index (χ4n) is 3.98. The van der Waals surface area contributed by atoms with Gasteiger partial charge in [0.25, 0.3) is 0 Å². The number of carbonyl (C=O) groups is 1. The molecule has 4 aromatic rings. The van der Waals surface area contributed by atoms with Crippen LogP contribution in [0.4, 0.5) is 0 Å². The van der Waals surface area contributed by atoms with Crippen LogP contribution in [0.15, 0.2) is 72.1 Å². The third kappa shape index (κ3) is 5.54. The molecule has 1 fully saturated rings. The Balaban J connectivity index is 1.27. The van der Waals surface area contributed by atoms with Crippen molar-refractivity contribution in [2.24, 2.45) is 0 Å². The van der Waals surface area contributed by atoms with Crippen molar-refractivity contribution in [1.29, 1.82) is 0 Å². The smallest absolute Gasteiger partial charge is 0.343 e. The van der Waals surface area contributed by atoms with Crippen LogP contribution in [-0.4, -0.2) is 24.7 Å². The van der Waals surface area contributed by atoms with Crippen LogP contribution in [0.1, 0.15) is 34.9 Å². The summed E-state index contributed by atoms with van der Waals surface area (Å²) in [5.74, 6) is 1.63. The second kappa shape index (κ2) is 10.3. The molecule has 3 aromatic carbocycles. The molecule has 35 heavy (non-hydrogen) atoms. The summed E-state index contributed by atoms with van der Waals surface area (Å²) in [6.07, 6.45) is 2.27. The highest BCUT2D eigenvalue weighted by atomic mass is 32.1. The van der Waals surface area contributed by atoms with Crippen molar-refractivity contribution in [3.8, 4) is 33.9 Å². The molecule has 0 bridgehead atoms. The van der Waals surface area contributed by atoms with E-state index in [2.05, 4.69) is 58.6 Å². The van der Waals surface area contributed by atoms with Gasteiger partial charge in [-0.3, -0.25) is 0 Å². The molecule has 0 radical (unpaired) electrons. The number of aromatic nitrogens is 1. The van der Waals surface area contributed by atoms with Crippen LogP contribution < -0.4 is 9.47 Å². The topological polar surface area (TPSA) is 57.7 Å². The minimum atomic E-state index is -0.396. The summed E-state index contributed by atoms with van der Waals surface area (Å²) in [6, 6.07) is 22.9. The zero-order valence-corrected chi connectivity index (χ0v) is 20.6. The van der Waals surface area contributed by atoms with E-state index in [-0.39, 0.29) is 6.61 Å². The maximum Gasteiger partial charge on any atom is 0.343 e. The molecule has 5 nitrogen and oxygen atoms in total. The number of ether oxygens (including phenoxy) is 3. The molecular formula is C29H27NO4S. The summed E-state index contributed by atoms with van der Waals surface area (Å²) in [5.41, 5.74) is 6.49. The Bertz CT molecular complexity index is 1310. The first kappa shape index (κ1) is 23.1. The number of hydrogen-bond donors (Lipinski definition) is 0. The lowest BCUT2D eigenvalue weighted by Crippen LogP contribution is -2.13. The molecule has 5 rings (SSSR count). The predicted molar refractivity (Wildman–Crippen MR) is 138 cm³/mol. The molecule has 1 aliphatic rings. The van der Waals surface area contributed by atoms with Crippen molar-refractivity contribution in [1.82, 2.24) is 4.98 Å². The largest absolute Gasteiger partial charge is 0.486 e. The van der Waals surface area contributed by atoms with Gasteiger partial charge in [-0.1, -0.05) is 54.6 Å². The molecule has 6 heteroatoms. The minimum Gasteiger partial charge on any atom is -0.486 e.